The van der Waals surface area contributed by atoms with Gasteiger partial charge in [-0.1, -0.05) is 23.2 Å². The fraction of sp³-hybridized carbons (Fsp3) is 0.722. The monoisotopic (exact) mass is 407 g/mol. The molecule has 1 aromatic heterocycles. The molecule has 1 aromatic rings. The number of pyridine rings is 1. The Bertz CT molecular complexity index is 536. The van der Waals surface area contributed by atoms with E-state index in [9.17, 15) is 0 Å². The summed E-state index contributed by atoms with van der Waals surface area (Å²) in [5, 5.41) is 4.59. The molecule has 2 rings (SSSR count). The molecule has 1 unspecified atom stereocenters. The van der Waals surface area contributed by atoms with Gasteiger partial charge in [-0.2, -0.15) is 4.18 Å². The van der Waals surface area contributed by atoms with Crippen LogP contribution in [0.1, 0.15) is 52.2 Å². The number of ether oxygens (including phenoxy) is 1. The predicted molar refractivity (Wildman–Crippen MR) is 108 cm³/mol. The second kappa shape index (κ2) is 9.77. The molecule has 0 aromatic carbocycles. The van der Waals surface area contributed by atoms with Gasteiger partial charge in [0.2, 0.25) is 0 Å². The van der Waals surface area contributed by atoms with Crippen LogP contribution in [0.4, 0.5) is 0 Å². The molecule has 0 aliphatic carbocycles. The van der Waals surface area contributed by atoms with Gasteiger partial charge < -0.3 is 10.1 Å². The molecule has 0 amide bonds. The molecule has 2 heterocycles. The van der Waals surface area contributed by atoms with Gasteiger partial charge in [0.15, 0.2) is 6.10 Å². The number of hydrogen-bond acceptors (Lipinski definition) is 4. The molecule has 0 radical (unpaired) electrons. The van der Waals surface area contributed by atoms with E-state index in [0.29, 0.717) is 16.6 Å². The summed E-state index contributed by atoms with van der Waals surface area (Å²) in [6, 6.07) is 0. The quantitative estimate of drug-likeness (QED) is 0.608. The highest BCUT2D eigenvalue weighted by Gasteiger charge is 2.32. The topological polar surface area (TPSA) is 43.4 Å². The lowest BCUT2D eigenvalue weighted by Gasteiger charge is -2.22. The predicted octanol–water partition coefficient (Wildman–Crippen LogP) is 4.57. The van der Waals surface area contributed by atoms with Gasteiger partial charge in [0.1, 0.15) is 22.7 Å². The van der Waals surface area contributed by atoms with Crippen molar-refractivity contribution >= 4 is 34.4 Å². The molecule has 2 atom stereocenters. The maximum absolute atomic E-state index is 6.36. The third-order valence-corrected chi connectivity index (χ3v) is 6.76. The highest BCUT2D eigenvalue weighted by Crippen LogP contribution is 2.33. The summed E-state index contributed by atoms with van der Waals surface area (Å²) in [5.41, 5.74) is 0.801. The highest BCUT2D eigenvalue weighted by atomic mass is 35.5. The summed E-state index contributed by atoms with van der Waals surface area (Å²) in [4.78, 5) is 4.05. The number of nitrogens with one attached hydrogen (secondary N) is 1. The summed E-state index contributed by atoms with van der Waals surface area (Å²) in [6.45, 7) is 10.0. The van der Waals surface area contributed by atoms with Gasteiger partial charge in [0, 0.05) is 31.0 Å². The lowest BCUT2D eigenvalue weighted by molar-refractivity contribution is -0.0147. The Hall–Kier alpha value is -0.0400. The van der Waals surface area contributed by atoms with Gasteiger partial charge in [0.05, 0.1) is 21.8 Å². The summed E-state index contributed by atoms with van der Waals surface area (Å²) >= 11 is 12.6. The number of hydrogen-bond donors (Lipinski definition) is 1. The van der Waals surface area contributed by atoms with Crippen molar-refractivity contribution in [3.05, 3.63) is 28.0 Å². The molecule has 142 valence electrons. The molecule has 1 aliphatic rings. The molecule has 0 bridgehead atoms. The van der Waals surface area contributed by atoms with Crippen molar-refractivity contribution in [1.29, 1.82) is 0 Å². The minimum absolute atomic E-state index is 0.0170. The molecule has 7 heteroatoms. The fourth-order valence-corrected chi connectivity index (χ4v) is 4.80. The van der Waals surface area contributed by atoms with Crippen LogP contribution in [0.25, 0.3) is 0 Å². The number of halogens is 2. The molecule has 1 saturated heterocycles. The minimum atomic E-state index is -0.194. The van der Waals surface area contributed by atoms with Crippen LogP contribution in [-0.4, -0.2) is 41.3 Å². The van der Waals surface area contributed by atoms with E-state index in [2.05, 4.69) is 38.0 Å². The first-order valence-electron chi connectivity index (χ1n) is 8.88. The van der Waals surface area contributed by atoms with Crippen molar-refractivity contribution in [2.45, 2.75) is 58.3 Å². The van der Waals surface area contributed by atoms with E-state index >= 15 is 0 Å². The van der Waals surface area contributed by atoms with Crippen molar-refractivity contribution in [3.63, 3.8) is 0 Å². The third kappa shape index (κ3) is 6.26. The molecule has 1 N–H and O–H groups in total. The standard InChI is InChI=1S/C18H29Cl2N2O2S/c1-5-25(6-2)24-16(17-14(19)10-22-11-15(17)20)12-21-9-13-7-8-18(3,4)23-13/h10-11,13,16,21H,5-9,12H2,1-4H3/q+1/t13-,16?/m0/s1. The van der Waals surface area contributed by atoms with E-state index in [1.54, 1.807) is 12.4 Å². The van der Waals surface area contributed by atoms with Gasteiger partial charge in [-0.25, -0.2) is 0 Å². The zero-order chi connectivity index (χ0) is 18.4. The minimum Gasteiger partial charge on any atom is -0.371 e. The summed E-state index contributed by atoms with van der Waals surface area (Å²) in [6.07, 6.45) is 5.47. The van der Waals surface area contributed by atoms with E-state index in [4.69, 9.17) is 32.1 Å². The first kappa shape index (κ1) is 21.3. The van der Waals surface area contributed by atoms with Gasteiger partial charge in [-0.3, -0.25) is 4.98 Å². The van der Waals surface area contributed by atoms with Crippen LogP contribution in [0.3, 0.4) is 0 Å². The molecule has 25 heavy (non-hydrogen) atoms. The number of nitrogens with zero attached hydrogens (tertiary/aromatic N) is 1. The third-order valence-electron chi connectivity index (χ3n) is 4.36. The zero-order valence-electron chi connectivity index (χ0n) is 15.5. The normalized spacial score (nSPS) is 21.0. The van der Waals surface area contributed by atoms with Crippen LogP contribution >= 0.6 is 23.2 Å². The lowest BCUT2D eigenvalue weighted by Crippen LogP contribution is -2.33. The summed E-state index contributed by atoms with van der Waals surface area (Å²) in [7, 11) is 0. The Balaban J connectivity index is 2.02. The van der Waals surface area contributed by atoms with Gasteiger partial charge in [-0.05, 0) is 40.5 Å². The van der Waals surface area contributed by atoms with Crippen molar-refractivity contribution in [2.24, 2.45) is 0 Å². The Morgan fingerprint density at radius 3 is 2.48 bits per heavy atom. The second-order valence-electron chi connectivity index (χ2n) is 6.82. The van der Waals surface area contributed by atoms with Crippen LogP contribution in [0.2, 0.25) is 10.0 Å². The average molecular weight is 408 g/mol. The van der Waals surface area contributed by atoms with Crippen LogP contribution in [-0.2, 0) is 20.1 Å². The van der Waals surface area contributed by atoms with Crippen LogP contribution < -0.4 is 5.32 Å². The maximum atomic E-state index is 6.36. The van der Waals surface area contributed by atoms with E-state index in [1.165, 1.54) is 0 Å². The summed E-state index contributed by atoms with van der Waals surface area (Å²) < 4.78 is 12.4. The molecule has 0 saturated carbocycles. The Morgan fingerprint density at radius 2 is 1.96 bits per heavy atom. The molecular weight excluding hydrogens is 379 g/mol. The van der Waals surface area contributed by atoms with Gasteiger partial charge in [0.25, 0.3) is 0 Å². The van der Waals surface area contributed by atoms with Crippen molar-refractivity contribution in [3.8, 4) is 0 Å². The van der Waals surface area contributed by atoms with E-state index < -0.39 is 0 Å². The van der Waals surface area contributed by atoms with Gasteiger partial charge in [-0.15, -0.1) is 0 Å². The molecule has 1 fully saturated rings. The van der Waals surface area contributed by atoms with E-state index in [0.717, 1.165) is 36.5 Å². The smallest absolute Gasteiger partial charge is 0.154 e. The SMILES string of the molecule is CC[S+](CC)OC(CNC[C@@H]1CCC(C)(C)O1)c1c(Cl)cncc1Cl. The van der Waals surface area contributed by atoms with Crippen LogP contribution in [0.15, 0.2) is 12.4 Å². The lowest BCUT2D eigenvalue weighted by atomic mass is 10.1. The van der Waals surface area contributed by atoms with E-state index in [-0.39, 0.29) is 29.0 Å². The molecule has 0 spiro atoms. The number of aromatic nitrogens is 1. The first-order valence-corrected chi connectivity index (χ1v) is 11.1. The van der Waals surface area contributed by atoms with Crippen LogP contribution in [0.5, 0.6) is 0 Å². The average Bonchev–Trinajstić information content (AvgIpc) is 2.90. The summed E-state index contributed by atoms with van der Waals surface area (Å²) in [5.74, 6) is 1.96. The van der Waals surface area contributed by atoms with Crippen LogP contribution in [0, 0.1) is 0 Å². The van der Waals surface area contributed by atoms with Crippen molar-refractivity contribution in [2.75, 3.05) is 24.6 Å². The molecule has 4 nitrogen and oxygen atoms in total. The fourth-order valence-electron chi connectivity index (χ4n) is 3.01. The molecular formula is C18H29Cl2N2O2S+. The Morgan fingerprint density at radius 1 is 1.32 bits per heavy atom. The Kier molecular flexibility index (Phi) is 8.31. The van der Waals surface area contributed by atoms with E-state index in [1.807, 2.05) is 0 Å². The first-order chi connectivity index (χ1) is 11.9. The van der Waals surface area contributed by atoms with Gasteiger partial charge >= 0.3 is 0 Å². The highest BCUT2D eigenvalue weighted by molar-refractivity contribution is 7.92. The van der Waals surface area contributed by atoms with Crippen molar-refractivity contribution < 1.29 is 8.92 Å². The van der Waals surface area contributed by atoms with Crippen molar-refractivity contribution in [1.82, 2.24) is 10.3 Å². The molecule has 1 aliphatic heterocycles. The second-order valence-corrected chi connectivity index (χ2v) is 9.86. The Labute approximate surface area is 164 Å². The maximum Gasteiger partial charge on any atom is 0.154 e. The number of rotatable bonds is 9. The zero-order valence-corrected chi connectivity index (χ0v) is 17.8. The largest absolute Gasteiger partial charge is 0.371 e.